The summed E-state index contributed by atoms with van der Waals surface area (Å²) in [5.41, 5.74) is 9.33. The highest BCUT2D eigenvalue weighted by molar-refractivity contribution is 5.60. The lowest BCUT2D eigenvalue weighted by Gasteiger charge is -2.42. The van der Waals surface area contributed by atoms with Crippen LogP contribution in [0.1, 0.15) is 24.8 Å². The highest BCUT2D eigenvalue weighted by Gasteiger charge is 2.39. The Labute approximate surface area is 116 Å². The number of fused-ring (bicyclic) bond motifs is 1. The number of anilines is 1. The first-order chi connectivity index (χ1) is 9.25. The molecule has 2 heterocycles. The van der Waals surface area contributed by atoms with Crippen LogP contribution in [0.3, 0.4) is 0 Å². The highest BCUT2D eigenvalue weighted by Crippen LogP contribution is 2.38. The van der Waals surface area contributed by atoms with Gasteiger partial charge in [-0.05, 0) is 50.9 Å². The second-order valence-corrected chi connectivity index (χ2v) is 6.12. The molecule has 0 spiro atoms. The van der Waals surface area contributed by atoms with Gasteiger partial charge in [-0.15, -0.1) is 0 Å². The number of likely N-dealkylation sites (tertiary alicyclic amines) is 1. The van der Waals surface area contributed by atoms with Crippen LogP contribution in [0.2, 0.25) is 0 Å². The molecule has 0 bridgehead atoms. The van der Waals surface area contributed by atoms with Gasteiger partial charge in [-0.3, -0.25) is 0 Å². The normalized spacial score (nSPS) is 28.2. The molecule has 1 unspecified atom stereocenters. The molecule has 19 heavy (non-hydrogen) atoms. The summed E-state index contributed by atoms with van der Waals surface area (Å²) in [5.74, 6) is 0. The van der Waals surface area contributed by atoms with Crippen LogP contribution >= 0.6 is 0 Å². The van der Waals surface area contributed by atoms with Gasteiger partial charge < -0.3 is 15.5 Å². The molecule has 3 nitrogen and oxygen atoms in total. The van der Waals surface area contributed by atoms with Crippen LogP contribution in [0.15, 0.2) is 24.3 Å². The Bertz CT molecular complexity index is 445. The molecule has 1 atom stereocenters. The van der Waals surface area contributed by atoms with Crippen molar-refractivity contribution in [3.8, 4) is 0 Å². The Morgan fingerprint density at radius 1 is 1.16 bits per heavy atom. The van der Waals surface area contributed by atoms with Crippen molar-refractivity contribution in [2.75, 3.05) is 38.1 Å². The molecule has 0 aromatic heterocycles. The predicted octanol–water partition coefficient (Wildman–Crippen LogP) is 1.86. The van der Waals surface area contributed by atoms with Gasteiger partial charge in [0.25, 0.3) is 0 Å². The summed E-state index contributed by atoms with van der Waals surface area (Å²) in [6, 6.07) is 8.85. The third-order valence-corrected chi connectivity index (χ3v) is 4.98. The van der Waals surface area contributed by atoms with Gasteiger partial charge in [0.2, 0.25) is 0 Å². The van der Waals surface area contributed by atoms with E-state index < -0.39 is 0 Å². The number of para-hydroxylation sites is 1. The lowest BCUT2D eigenvalue weighted by Crippen LogP contribution is -2.54. The monoisotopic (exact) mass is 259 g/mol. The SMILES string of the molecule is CN1CCCC(CN)(N2CCc3ccccc32)CC1. The fourth-order valence-corrected chi connectivity index (χ4v) is 3.73. The first kappa shape index (κ1) is 12.9. The molecule has 0 amide bonds. The van der Waals surface area contributed by atoms with E-state index in [1.807, 2.05) is 0 Å². The van der Waals surface area contributed by atoms with Gasteiger partial charge in [0.15, 0.2) is 0 Å². The van der Waals surface area contributed by atoms with Crippen molar-refractivity contribution in [1.82, 2.24) is 4.90 Å². The van der Waals surface area contributed by atoms with Crippen molar-refractivity contribution in [2.24, 2.45) is 5.73 Å². The maximum Gasteiger partial charge on any atom is 0.0537 e. The smallest absolute Gasteiger partial charge is 0.0537 e. The molecule has 1 saturated heterocycles. The van der Waals surface area contributed by atoms with Gasteiger partial charge >= 0.3 is 0 Å². The summed E-state index contributed by atoms with van der Waals surface area (Å²) >= 11 is 0. The third kappa shape index (κ3) is 2.26. The number of benzene rings is 1. The van der Waals surface area contributed by atoms with Crippen molar-refractivity contribution in [1.29, 1.82) is 0 Å². The topological polar surface area (TPSA) is 32.5 Å². The number of nitrogens with zero attached hydrogens (tertiary/aromatic N) is 2. The van der Waals surface area contributed by atoms with E-state index in [2.05, 4.69) is 41.1 Å². The molecule has 0 saturated carbocycles. The number of hydrogen-bond acceptors (Lipinski definition) is 3. The fraction of sp³-hybridized carbons (Fsp3) is 0.625. The van der Waals surface area contributed by atoms with Crippen LogP contribution in [0.25, 0.3) is 0 Å². The third-order valence-electron chi connectivity index (χ3n) is 4.98. The first-order valence-corrected chi connectivity index (χ1v) is 7.49. The Morgan fingerprint density at radius 3 is 2.84 bits per heavy atom. The lowest BCUT2D eigenvalue weighted by molar-refractivity contribution is 0.320. The van der Waals surface area contributed by atoms with Crippen LogP contribution in [0, 0.1) is 0 Å². The van der Waals surface area contributed by atoms with Crippen molar-refractivity contribution in [3.63, 3.8) is 0 Å². The predicted molar refractivity (Wildman–Crippen MR) is 80.6 cm³/mol. The van der Waals surface area contributed by atoms with Gasteiger partial charge in [-0.25, -0.2) is 0 Å². The lowest BCUT2D eigenvalue weighted by atomic mass is 9.88. The Balaban J connectivity index is 1.90. The second-order valence-electron chi connectivity index (χ2n) is 6.12. The van der Waals surface area contributed by atoms with E-state index in [0.29, 0.717) is 0 Å². The molecule has 3 heteroatoms. The summed E-state index contributed by atoms with van der Waals surface area (Å²) in [5, 5.41) is 0. The van der Waals surface area contributed by atoms with Gasteiger partial charge in [0, 0.05) is 25.3 Å². The molecule has 1 fully saturated rings. The molecule has 1 aromatic carbocycles. The van der Waals surface area contributed by atoms with E-state index in [4.69, 9.17) is 5.73 Å². The second kappa shape index (κ2) is 5.14. The quantitative estimate of drug-likeness (QED) is 0.880. The molecular weight excluding hydrogens is 234 g/mol. The average Bonchev–Trinajstić information content (AvgIpc) is 2.78. The molecule has 2 N–H and O–H groups in total. The Morgan fingerprint density at radius 2 is 2.00 bits per heavy atom. The van der Waals surface area contributed by atoms with Gasteiger partial charge in [0.1, 0.15) is 0 Å². The van der Waals surface area contributed by atoms with E-state index in [-0.39, 0.29) is 5.54 Å². The molecule has 0 aliphatic carbocycles. The Hall–Kier alpha value is -1.06. The van der Waals surface area contributed by atoms with Crippen LogP contribution in [0.4, 0.5) is 5.69 Å². The summed E-state index contributed by atoms with van der Waals surface area (Å²) in [6.45, 7) is 4.28. The minimum atomic E-state index is 0.178. The minimum absolute atomic E-state index is 0.178. The molecule has 2 aliphatic rings. The standard InChI is InChI=1S/C16H25N3/c1-18-10-4-8-16(13-17,9-12-18)19-11-7-14-5-2-3-6-15(14)19/h2-3,5-6H,4,7-13,17H2,1H3. The van der Waals surface area contributed by atoms with Crippen molar-refractivity contribution >= 4 is 5.69 Å². The summed E-state index contributed by atoms with van der Waals surface area (Å²) < 4.78 is 0. The zero-order valence-electron chi connectivity index (χ0n) is 11.9. The largest absolute Gasteiger partial charge is 0.364 e. The maximum atomic E-state index is 6.23. The summed E-state index contributed by atoms with van der Waals surface area (Å²) in [7, 11) is 2.23. The molecule has 3 rings (SSSR count). The Kier molecular flexibility index (Phi) is 3.50. The maximum absolute atomic E-state index is 6.23. The van der Waals surface area contributed by atoms with Crippen LogP contribution in [-0.4, -0.2) is 43.7 Å². The van der Waals surface area contributed by atoms with Gasteiger partial charge in [0.05, 0.1) is 5.54 Å². The van der Waals surface area contributed by atoms with Crippen molar-refractivity contribution in [3.05, 3.63) is 29.8 Å². The van der Waals surface area contributed by atoms with Gasteiger partial charge in [-0.1, -0.05) is 18.2 Å². The zero-order chi connectivity index (χ0) is 13.3. The average molecular weight is 259 g/mol. The zero-order valence-corrected chi connectivity index (χ0v) is 11.9. The van der Waals surface area contributed by atoms with E-state index in [0.717, 1.165) is 19.6 Å². The van der Waals surface area contributed by atoms with Crippen LogP contribution in [0.5, 0.6) is 0 Å². The number of hydrogen-bond donors (Lipinski definition) is 1. The molecular formula is C16H25N3. The summed E-state index contributed by atoms with van der Waals surface area (Å²) in [4.78, 5) is 5.06. The van der Waals surface area contributed by atoms with Crippen molar-refractivity contribution < 1.29 is 0 Å². The molecule has 1 aromatic rings. The van der Waals surface area contributed by atoms with E-state index in [9.17, 15) is 0 Å². The van der Waals surface area contributed by atoms with Crippen LogP contribution < -0.4 is 10.6 Å². The first-order valence-electron chi connectivity index (χ1n) is 7.49. The fourth-order valence-electron chi connectivity index (χ4n) is 3.73. The minimum Gasteiger partial charge on any atom is -0.364 e. The van der Waals surface area contributed by atoms with Crippen LogP contribution in [-0.2, 0) is 6.42 Å². The van der Waals surface area contributed by atoms with Gasteiger partial charge in [-0.2, -0.15) is 0 Å². The number of nitrogens with two attached hydrogens (primary N) is 1. The molecule has 2 aliphatic heterocycles. The van der Waals surface area contributed by atoms with Crippen molar-refractivity contribution in [2.45, 2.75) is 31.2 Å². The van der Waals surface area contributed by atoms with E-state index in [1.54, 1.807) is 0 Å². The number of rotatable bonds is 2. The van der Waals surface area contributed by atoms with E-state index in [1.165, 1.54) is 43.5 Å². The summed E-state index contributed by atoms with van der Waals surface area (Å²) in [6.07, 6.45) is 4.84. The molecule has 0 radical (unpaired) electrons. The molecule has 104 valence electrons. The van der Waals surface area contributed by atoms with E-state index >= 15 is 0 Å². The highest BCUT2D eigenvalue weighted by atomic mass is 15.2.